The minimum absolute atomic E-state index is 0.0462. The molecule has 26 heavy (non-hydrogen) atoms. The van der Waals surface area contributed by atoms with Crippen LogP contribution in [-0.2, 0) is 11.3 Å². The molecule has 0 aliphatic carbocycles. The van der Waals surface area contributed by atoms with Crippen LogP contribution < -0.4 is 5.32 Å². The Morgan fingerprint density at radius 3 is 2.54 bits per heavy atom. The minimum Gasteiger partial charge on any atom is -0.356 e. The first-order valence-corrected chi connectivity index (χ1v) is 9.28. The number of hydrogen-bond acceptors (Lipinski definition) is 4. The number of nitrogens with zero attached hydrogens (tertiary/aromatic N) is 3. The van der Waals surface area contributed by atoms with Crippen LogP contribution in [0.2, 0.25) is 0 Å². The van der Waals surface area contributed by atoms with Crippen molar-refractivity contribution in [2.45, 2.75) is 18.6 Å². The first-order valence-electron chi connectivity index (χ1n) is 8.30. The van der Waals surface area contributed by atoms with E-state index in [0.717, 1.165) is 11.1 Å². The van der Waals surface area contributed by atoms with Gasteiger partial charge >= 0.3 is 0 Å². The third kappa shape index (κ3) is 4.49. The summed E-state index contributed by atoms with van der Waals surface area (Å²) in [5, 5.41) is 11.9. The van der Waals surface area contributed by atoms with Crippen LogP contribution in [-0.4, -0.2) is 33.0 Å². The number of aromatic nitrogens is 3. The van der Waals surface area contributed by atoms with Gasteiger partial charge in [0, 0.05) is 12.1 Å². The molecule has 5 nitrogen and oxygen atoms in total. The first-order chi connectivity index (χ1) is 12.7. The van der Waals surface area contributed by atoms with Crippen LogP contribution in [0, 0.1) is 5.82 Å². The van der Waals surface area contributed by atoms with Gasteiger partial charge in [-0.3, -0.25) is 9.36 Å². The van der Waals surface area contributed by atoms with Crippen LogP contribution >= 0.6 is 11.8 Å². The van der Waals surface area contributed by atoms with E-state index in [9.17, 15) is 9.18 Å². The van der Waals surface area contributed by atoms with Crippen molar-refractivity contribution in [3.05, 3.63) is 66.0 Å². The highest BCUT2D eigenvalue weighted by Crippen LogP contribution is 2.25. The molecule has 0 fully saturated rings. The molecule has 2 aromatic carbocycles. The van der Waals surface area contributed by atoms with Crippen LogP contribution in [0.4, 0.5) is 4.39 Å². The highest BCUT2D eigenvalue weighted by atomic mass is 32.2. The van der Waals surface area contributed by atoms with E-state index in [2.05, 4.69) is 15.5 Å². The summed E-state index contributed by atoms with van der Waals surface area (Å²) in [4.78, 5) is 11.8. The third-order valence-corrected chi connectivity index (χ3v) is 4.68. The minimum atomic E-state index is -0.297. The van der Waals surface area contributed by atoms with Gasteiger partial charge in [0.05, 0.1) is 12.3 Å². The number of amides is 1. The number of carbonyl (C=O) groups is 1. The molecule has 0 bridgehead atoms. The van der Waals surface area contributed by atoms with E-state index >= 15 is 0 Å². The lowest BCUT2D eigenvalue weighted by Gasteiger charge is -2.10. The molecule has 134 valence electrons. The van der Waals surface area contributed by atoms with Gasteiger partial charge in [-0.05, 0) is 36.8 Å². The molecule has 0 atom stereocenters. The largest absolute Gasteiger partial charge is 0.356 e. The van der Waals surface area contributed by atoms with Gasteiger partial charge in [-0.1, -0.05) is 42.1 Å². The van der Waals surface area contributed by atoms with E-state index in [0.29, 0.717) is 24.1 Å². The summed E-state index contributed by atoms with van der Waals surface area (Å²) in [7, 11) is 0. The van der Waals surface area contributed by atoms with E-state index in [1.165, 1.54) is 23.9 Å². The molecule has 1 amide bonds. The second kappa shape index (κ2) is 8.62. The molecule has 1 aromatic heterocycles. The number of nitrogens with one attached hydrogen (secondary N) is 1. The first kappa shape index (κ1) is 18.1. The predicted molar refractivity (Wildman–Crippen MR) is 100 cm³/mol. The van der Waals surface area contributed by atoms with Crippen molar-refractivity contribution >= 4 is 17.7 Å². The molecule has 1 N–H and O–H groups in total. The zero-order valence-corrected chi connectivity index (χ0v) is 15.2. The average Bonchev–Trinajstić information content (AvgIpc) is 3.04. The Morgan fingerprint density at radius 1 is 1.12 bits per heavy atom. The van der Waals surface area contributed by atoms with Crippen molar-refractivity contribution < 1.29 is 9.18 Å². The number of rotatable bonds is 7. The lowest BCUT2D eigenvalue weighted by molar-refractivity contribution is -0.118. The summed E-state index contributed by atoms with van der Waals surface area (Å²) >= 11 is 1.34. The van der Waals surface area contributed by atoms with Crippen LogP contribution in [0.3, 0.4) is 0 Å². The fourth-order valence-electron chi connectivity index (χ4n) is 2.49. The van der Waals surface area contributed by atoms with Crippen LogP contribution in [0.5, 0.6) is 0 Å². The van der Waals surface area contributed by atoms with Gasteiger partial charge in [-0.25, -0.2) is 4.39 Å². The number of hydrogen-bond donors (Lipinski definition) is 1. The smallest absolute Gasteiger partial charge is 0.230 e. The standard InChI is InChI=1S/C19H19FN4OS/c1-2-21-17(25)13-26-19-23-22-18(15-8-10-16(20)11-9-15)24(19)12-14-6-4-3-5-7-14/h3-11H,2,12-13H2,1H3,(H,21,25). The molecule has 0 spiro atoms. The monoisotopic (exact) mass is 370 g/mol. The van der Waals surface area contributed by atoms with E-state index in [-0.39, 0.29) is 17.5 Å². The molecule has 1 heterocycles. The lowest BCUT2D eigenvalue weighted by atomic mass is 10.2. The lowest BCUT2D eigenvalue weighted by Crippen LogP contribution is -2.24. The fourth-order valence-corrected chi connectivity index (χ4v) is 3.26. The van der Waals surface area contributed by atoms with Crippen molar-refractivity contribution in [1.82, 2.24) is 20.1 Å². The molecule has 0 aliphatic rings. The van der Waals surface area contributed by atoms with E-state index in [1.807, 2.05) is 41.8 Å². The Bertz CT molecular complexity index is 865. The second-order valence-electron chi connectivity index (χ2n) is 5.63. The molecule has 0 radical (unpaired) electrons. The summed E-state index contributed by atoms with van der Waals surface area (Å²) in [6.45, 7) is 3.04. The van der Waals surface area contributed by atoms with Crippen molar-refractivity contribution in [2.75, 3.05) is 12.3 Å². The van der Waals surface area contributed by atoms with Crippen molar-refractivity contribution in [1.29, 1.82) is 0 Å². The van der Waals surface area contributed by atoms with E-state index < -0.39 is 0 Å². The van der Waals surface area contributed by atoms with Gasteiger partial charge in [-0.2, -0.15) is 0 Å². The Morgan fingerprint density at radius 2 is 1.85 bits per heavy atom. The summed E-state index contributed by atoms with van der Waals surface area (Å²) in [6.07, 6.45) is 0. The van der Waals surface area contributed by atoms with Gasteiger partial charge in [0.2, 0.25) is 5.91 Å². The molecule has 0 saturated carbocycles. The summed E-state index contributed by atoms with van der Waals surface area (Å²) in [6, 6.07) is 16.1. The van der Waals surface area contributed by atoms with Gasteiger partial charge in [-0.15, -0.1) is 10.2 Å². The van der Waals surface area contributed by atoms with Gasteiger partial charge in [0.15, 0.2) is 11.0 Å². The predicted octanol–water partition coefficient (Wildman–Crippen LogP) is 3.36. The highest BCUT2D eigenvalue weighted by molar-refractivity contribution is 7.99. The van der Waals surface area contributed by atoms with Gasteiger partial charge < -0.3 is 5.32 Å². The molecule has 0 aliphatic heterocycles. The number of thioether (sulfide) groups is 1. The molecule has 3 aromatic rings. The normalized spacial score (nSPS) is 10.7. The second-order valence-corrected chi connectivity index (χ2v) is 6.57. The molecular weight excluding hydrogens is 351 g/mol. The average molecular weight is 370 g/mol. The van der Waals surface area contributed by atoms with Gasteiger partial charge in [0.1, 0.15) is 5.82 Å². The van der Waals surface area contributed by atoms with Crippen LogP contribution in [0.15, 0.2) is 59.8 Å². The Kier molecular flexibility index (Phi) is 6.01. The Balaban J connectivity index is 1.91. The molecule has 0 unspecified atom stereocenters. The SMILES string of the molecule is CCNC(=O)CSc1nnc(-c2ccc(F)cc2)n1Cc1ccccc1. The maximum atomic E-state index is 13.2. The maximum absolute atomic E-state index is 13.2. The van der Waals surface area contributed by atoms with Crippen molar-refractivity contribution in [2.24, 2.45) is 0 Å². The molecule has 3 rings (SSSR count). The Labute approximate surface area is 155 Å². The van der Waals surface area contributed by atoms with E-state index in [1.54, 1.807) is 12.1 Å². The van der Waals surface area contributed by atoms with Crippen molar-refractivity contribution in [3.8, 4) is 11.4 Å². The summed E-state index contributed by atoms with van der Waals surface area (Å²) < 4.78 is 15.2. The van der Waals surface area contributed by atoms with Crippen LogP contribution in [0.1, 0.15) is 12.5 Å². The Hall–Kier alpha value is -2.67. The molecular formula is C19H19FN4OS. The van der Waals surface area contributed by atoms with Crippen LogP contribution in [0.25, 0.3) is 11.4 Å². The summed E-state index contributed by atoms with van der Waals surface area (Å²) in [5.41, 5.74) is 1.87. The van der Waals surface area contributed by atoms with Gasteiger partial charge in [0.25, 0.3) is 0 Å². The van der Waals surface area contributed by atoms with E-state index in [4.69, 9.17) is 0 Å². The number of benzene rings is 2. The quantitative estimate of drug-likeness (QED) is 0.648. The molecule has 0 saturated heterocycles. The molecule has 7 heteroatoms. The third-order valence-electron chi connectivity index (χ3n) is 3.71. The topological polar surface area (TPSA) is 59.8 Å². The zero-order valence-electron chi connectivity index (χ0n) is 14.4. The van der Waals surface area contributed by atoms with Crippen molar-refractivity contribution in [3.63, 3.8) is 0 Å². The maximum Gasteiger partial charge on any atom is 0.230 e. The highest BCUT2D eigenvalue weighted by Gasteiger charge is 2.16. The number of halogens is 1. The zero-order chi connectivity index (χ0) is 18.4. The summed E-state index contributed by atoms with van der Waals surface area (Å²) in [5.74, 6) is 0.570. The fraction of sp³-hybridized carbons (Fsp3) is 0.211. The number of carbonyl (C=O) groups excluding carboxylic acids is 1.